The van der Waals surface area contributed by atoms with Crippen molar-refractivity contribution in [1.29, 1.82) is 0 Å². The first kappa shape index (κ1) is 16.3. The molecule has 0 aliphatic heterocycles. The van der Waals surface area contributed by atoms with Crippen LogP contribution >= 0.6 is 22.6 Å². The minimum atomic E-state index is -4.11. The molecule has 0 radical (unpaired) electrons. The summed E-state index contributed by atoms with van der Waals surface area (Å²) in [7, 11) is -4.11. The van der Waals surface area contributed by atoms with E-state index in [1.807, 2.05) is 24.3 Å². The van der Waals surface area contributed by atoms with E-state index in [0.717, 1.165) is 27.7 Å². The summed E-state index contributed by atoms with van der Waals surface area (Å²) >= 11 is 2.24. The second kappa shape index (κ2) is 7.24. The van der Waals surface area contributed by atoms with Crippen molar-refractivity contribution in [3.05, 3.63) is 57.7 Å². The molecule has 21 heavy (non-hydrogen) atoms. The van der Waals surface area contributed by atoms with Gasteiger partial charge >= 0.3 is 0 Å². The van der Waals surface area contributed by atoms with Gasteiger partial charge in [0.15, 0.2) is 0 Å². The molecule has 0 bridgehead atoms. The first-order valence-corrected chi connectivity index (χ1v) is 8.92. The lowest BCUT2D eigenvalue weighted by molar-refractivity contribution is 0.311. The average Bonchev–Trinajstić information content (AvgIpc) is 2.43. The Morgan fingerprint density at radius 3 is 2.43 bits per heavy atom. The minimum Gasteiger partial charge on any atom is -0.494 e. The fourth-order valence-corrected chi connectivity index (χ4v) is 2.85. The molecular formula is C15H15IO4S. The zero-order chi connectivity index (χ0) is 15.3. The van der Waals surface area contributed by atoms with E-state index < -0.39 is 10.1 Å². The second-order valence-corrected chi connectivity index (χ2v) is 7.20. The number of aryl methyl sites for hydroxylation is 1. The average molecular weight is 418 g/mol. The van der Waals surface area contributed by atoms with Crippen LogP contribution < -0.4 is 4.74 Å². The molecule has 112 valence electrons. The van der Waals surface area contributed by atoms with Crippen molar-refractivity contribution in [1.82, 2.24) is 0 Å². The maximum atomic E-state index is 10.9. The molecule has 0 spiro atoms. The molecule has 6 heteroatoms. The smallest absolute Gasteiger partial charge is 0.294 e. The SMILES string of the molecule is O=S(=O)(O)c1ccc(CCCOc2cccc(I)c2)cc1. The van der Waals surface area contributed by atoms with Crippen LogP contribution in [0.3, 0.4) is 0 Å². The van der Waals surface area contributed by atoms with Gasteiger partial charge in [-0.25, -0.2) is 0 Å². The highest BCUT2D eigenvalue weighted by Crippen LogP contribution is 2.16. The summed E-state index contributed by atoms with van der Waals surface area (Å²) < 4.78 is 37.5. The Morgan fingerprint density at radius 1 is 1.10 bits per heavy atom. The van der Waals surface area contributed by atoms with Gasteiger partial charge in [-0.2, -0.15) is 8.42 Å². The number of rotatable bonds is 6. The highest BCUT2D eigenvalue weighted by molar-refractivity contribution is 14.1. The van der Waals surface area contributed by atoms with E-state index in [4.69, 9.17) is 9.29 Å². The fraction of sp³-hybridized carbons (Fsp3) is 0.200. The van der Waals surface area contributed by atoms with Crippen LogP contribution in [0.5, 0.6) is 5.75 Å². The van der Waals surface area contributed by atoms with Crippen LogP contribution in [0.25, 0.3) is 0 Å². The zero-order valence-electron chi connectivity index (χ0n) is 11.2. The molecule has 2 aromatic rings. The molecule has 0 unspecified atom stereocenters. The molecule has 0 amide bonds. The zero-order valence-corrected chi connectivity index (χ0v) is 14.2. The first-order chi connectivity index (χ1) is 9.95. The number of hydrogen-bond acceptors (Lipinski definition) is 3. The largest absolute Gasteiger partial charge is 0.494 e. The summed E-state index contributed by atoms with van der Waals surface area (Å²) in [5.41, 5.74) is 1.01. The second-order valence-electron chi connectivity index (χ2n) is 4.53. The van der Waals surface area contributed by atoms with Crippen molar-refractivity contribution in [2.75, 3.05) is 6.61 Å². The number of ether oxygens (including phenoxy) is 1. The Kier molecular flexibility index (Phi) is 5.60. The van der Waals surface area contributed by atoms with Gasteiger partial charge in [-0.05, 0) is 71.3 Å². The summed E-state index contributed by atoms with van der Waals surface area (Å²) in [4.78, 5) is -0.0821. The molecule has 4 nitrogen and oxygen atoms in total. The monoisotopic (exact) mass is 418 g/mol. The molecule has 0 fully saturated rings. The van der Waals surface area contributed by atoms with Gasteiger partial charge in [0, 0.05) is 3.57 Å². The van der Waals surface area contributed by atoms with E-state index >= 15 is 0 Å². The normalized spacial score (nSPS) is 11.3. The van der Waals surface area contributed by atoms with Crippen molar-refractivity contribution in [3.8, 4) is 5.75 Å². The van der Waals surface area contributed by atoms with Crippen LogP contribution in [0.1, 0.15) is 12.0 Å². The summed E-state index contributed by atoms with van der Waals surface area (Å²) in [5, 5.41) is 0. The highest BCUT2D eigenvalue weighted by Gasteiger charge is 2.08. The van der Waals surface area contributed by atoms with Crippen LogP contribution in [-0.4, -0.2) is 19.6 Å². The molecular weight excluding hydrogens is 403 g/mol. The third-order valence-corrected chi connectivity index (χ3v) is 4.43. The van der Waals surface area contributed by atoms with Crippen LogP contribution in [-0.2, 0) is 16.5 Å². The lowest BCUT2D eigenvalue weighted by Crippen LogP contribution is -2.01. The standard InChI is InChI=1S/C15H15IO4S/c16-13-4-1-5-14(11-13)20-10-2-3-12-6-8-15(9-7-12)21(17,18)19/h1,4-9,11H,2-3,10H2,(H,17,18,19). The van der Waals surface area contributed by atoms with Crippen LogP contribution in [0.4, 0.5) is 0 Å². The minimum absolute atomic E-state index is 0.0821. The van der Waals surface area contributed by atoms with Crippen LogP contribution in [0.2, 0.25) is 0 Å². The Hall–Kier alpha value is -1.12. The quantitative estimate of drug-likeness (QED) is 0.443. The van der Waals surface area contributed by atoms with Crippen molar-refractivity contribution in [2.45, 2.75) is 17.7 Å². The molecule has 2 rings (SSSR count). The molecule has 0 aliphatic carbocycles. The summed E-state index contributed by atoms with van der Waals surface area (Å²) in [6.07, 6.45) is 1.62. The van der Waals surface area contributed by atoms with Gasteiger partial charge in [0.2, 0.25) is 0 Å². The van der Waals surface area contributed by atoms with Gasteiger partial charge in [-0.15, -0.1) is 0 Å². The molecule has 2 aromatic carbocycles. The Labute approximate surface area is 138 Å². The van der Waals surface area contributed by atoms with Gasteiger partial charge in [0.1, 0.15) is 5.75 Å². The maximum Gasteiger partial charge on any atom is 0.294 e. The summed E-state index contributed by atoms with van der Waals surface area (Å²) in [6.45, 7) is 0.597. The van der Waals surface area contributed by atoms with Crippen molar-refractivity contribution >= 4 is 32.7 Å². The van der Waals surface area contributed by atoms with E-state index in [1.165, 1.54) is 12.1 Å². The third-order valence-electron chi connectivity index (χ3n) is 2.90. The van der Waals surface area contributed by atoms with E-state index in [2.05, 4.69) is 22.6 Å². The van der Waals surface area contributed by atoms with Crippen LogP contribution in [0.15, 0.2) is 53.4 Å². The van der Waals surface area contributed by atoms with Crippen LogP contribution in [0, 0.1) is 3.57 Å². The molecule has 0 aliphatic rings. The lowest BCUT2D eigenvalue weighted by atomic mass is 10.1. The molecule has 0 saturated carbocycles. The first-order valence-electron chi connectivity index (χ1n) is 6.40. The van der Waals surface area contributed by atoms with Crippen molar-refractivity contribution < 1.29 is 17.7 Å². The Bertz CT molecular complexity index is 696. The van der Waals surface area contributed by atoms with Gasteiger partial charge < -0.3 is 4.74 Å². The van der Waals surface area contributed by atoms with Gasteiger partial charge in [0.25, 0.3) is 10.1 Å². The van der Waals surface area contributed by atoms with E-state index in [0.29, 0.717) is 6.61 Å². The molecule has 0 atom stereocenters. The highest BCUT2D eigenvalue weighted by atomic mass is 127. The van der Waals surface area contributed by atoms with E-state index in [9.17, 15) is 8.42 Å². The van der Waals surface area contributed by atoms with Crippen molar-refractivity contribution in [3.63, 3.8) is 0 Å². The van der Waals surface area contributed by atoms with Gasteiger partial charge in [0.05, 0.1) is 11.5 Å². The van der Waals surface area contributed by atoms with Gasteiger partial charge in [-0.3, -0.25) is 4.55 Å². The molecule has 0 aromatic heterocycles. The summed E-state index contributed by atoms with van der Waals surface area (Å²) in [5.74, 6) is 0.851. The lowest BCUT2D eigenvalue weighted by Gasteiger charge is -2.07. The maximum absolute atomic E-state index is 10.9. The number of benzene rings is 2. The Balaban J connectivity index is 1.81. The number of halogens is 1. The van der Waals surface area contributed by atoms with E-state index in [-0.39, 0.29) is 4.90 Å². The number of hydrogen-bond donors (Lipinski definition) is 1. The van der Waals surface area contributed by atoms with Crippen molar-refractivity contribution in [2.24, 2.45) is 0 Å². The van der Waals surface area contributed by atoms with Gasteiger partial charge in [-0.1, -0.05) is 18.2 Å². The van der Waals surface area contributed by atoms with E-state index in [1.54, 1.807) is 12.1 Å². The third kappa shape index (κ3) is 5.29. The molecule has 0 saturated heterocycles. The predicted octanol–water partition coefficient (Wildman–Crippen LogP) is 3.55. The predicted molar refractivity (Wildman–Crippen MR) is 89.2 cm³/mol. The molecule has 0 heterocycles. The fourth-order valence-electron chi connectivity index (χ4n) is 1.85. The molecule has 1 N–H and O–H groups in total. The summed E-state index contributed by atoms with van der Waals surface area (Å²) in [6, 6.07) is 14.1. The Morgan fingerprint density at radius 2 is 1.81 bits per heavy atom. The topological polar surface area (TPSA) is 63.6 Å².